The lowest BCUT2D eigenvalue weighted by molar-refractivity contribution is -0.0513. The topological polar surface area (TPSA) is 25.0 Å². The standard InChI is InChI=1S/C16H21NO/c1-4-11-7-6-8-12-13-9-10-18-16(3,5-2)15(13)17-14(11)12/h6-8,17H,4-5,9-10H2,1-3H3. The summed E-state index contributed by atoms with van der Waals surface area (Å²) in [6.45, 7) is 7.44. The highest BCUT2D eigenvalue weighted by Crippen LogP contribution is 2.39. The number of aryl methyl sites for hydroxylation is 1. The number of aromatic nitrogens is 1. The summed E-state index contributed by atoms with van der Waals surface area (Å²) in [5.74, 6) is 0. The second-order valence-electron chi connectivity index (χ2n) is 5.35. The predicted molar refractivity (Wildman–Crippen MR) is 75.0 cm³/mol. The summed E-state index contributed by atoms with van der Waals surface area (Å²) >= 11 is 0. The van der Waals surface area contributed by atoms with Crippen molar-refractivity contribution in [3.8, 4) is 0 Å². The lowest BCUT2D eigenvalue weighted by Gasteiger charge is -2.33. The van der Waals surface area contributed by atoms with Gasteiger partial charge in [0.05, 0.1) is 12.3 Å². The van der Waals surface area contributed by atoms with E-state index in [4.69, 9.17) is 4.74 Å². The first-order valence-electron chi connectivity index (χ1n) is 6.96. The van der Waals surface area contributed by atoms with Crippen LogP contribution in [-0.4, -0.2) is 11.6 Å². The summed E-state index contributed by atoms with van der Waals surface area (Å²) in [7, 11) is 0. The molecule has 1 N–H and O–H groups in total. The molecule has 0 spiro atoms. The number of aromatic amines is 1. The molecule has 1 aliphatic rings. The van der Waals surface area contributed by atoms with Gasteiger partial charge in [0, 0.05) is 10.9 Å². The van der Waals surface area contributed by atoms with Gasteiger partial charge in [0.25, 0.3) is 0 Å². The minimum atomic E-state index is -0.141. The number of hydrogen-bond donors (Lipinski definition) is 1. The molecular formula is C16H21NO. The van der Waals surface area contributed by atoms with Crippen LogP contribution in [0.1, 0.15) is 44.0 Å². The number of nitrogens with one attached hydrogen (secondary N) is 1. The molecule has 2 nitrogen and oxygen atoms in total. The summed E-state index contributed by atoms with van der Waals surface area (Å²) in [5, 5.41) is 1.40. The molecule has 0 bridgehead atoms. The van der Waals surface area contributed by atoms with Crippen molar-refractivity contribution in [1.82, 2.24) is 4.98 Å². The third-order valence-electron chi connectivity index (χ3n) is 4.38. The van der Waals surface area contributed by atoms with Gasteiger partial charge in [-0.1, -0.05) is 32.0 Å². The molecule has 0 amide bonds. The predicted octanol–water partition coefficient (Wildman–Crippen LogP) is 3.93. The van der Waals surface area contributed by atoms with Crippen molar-refractivity contribution in [2.45, 2.75) is 45.6 Å². The van der Waals surface area contributed by atoms with Crippen molar-refractivity contribution in [3.05, 3.63) is 35.0 Å². The first-order valence-corrected chi connectivity index (χ1v) is 6.96. The highest BCUT2D eigenvalue weighted by atomic mass is 16.5. The van der Waals surface area contributed by atoms with Gasteiger partial charge >= 0.3 is 0 Å². The number of rotatable bonds is 2. The van der Waals surface area contributed by atoms with Crippen LogP contribution in [0.5, 0.6) is 0 Å². The fourth-order valence-electron chi connectivity index (χ4n) is 3.07. The van der Waals surface area contributed by atoms with E-state index in [9.17, 15) is 0 Å². The van der Waals surface area contributed by atoms with Crippen LogP contribution in [0.4, 0.5) is 0 Å². The van der Waals surface area contributed by atoms with E-state index in [1.165, 1.54) is 27.7 Å². The maximum atomic E-state index is 6.01. The fraction of sp³-hybridized carbons (Fsp3) is 0.500. The molecule has 3 rings (SSSR count). The molecule has 0 saturated carbocycles. The molecule has 0 radical (unpaired) electrons. The van der Waals surface area contributed by atoms with Gasteiger partial charge in [-0.05, 0) is 37.3 Å². The summed E-state index contributed by atoms with van der Waals surface area (Å²) in [4.78, 5) is 3.65. The molecule has 1 aromatic heterocycles. The van der Waals surface area contributed by atoms with Crippen molar-refractivity contribution in [1.29, 1.82) is 0 Å². The Morgan fingerprint density at radius 2 is 2.17 bits per heavy atom. The van der Waals surface area contributed by atoms with E-state index in [1.807, 2.05) is 0 Å². The van der Waals surface area contributed by atoms with Crippen molar-refractivity contribution >= 4 is 10.9 Å². The van der Waals surface area contributed by atoms with Gasteiger partial charge in [-0.2, -0.15) is 0 Å². The minimum absolute atomic E-state index is 0.141. The zero-order valence-electron chi connectivity index (χ0n) is 11.5. The molecular weight excluding hydrogens is 222 g/mol. The third kappa shape index (κ3) is 1.52. The summed E-state index contributed by atoms with van der Waals surface area (Å²) in [6.07, 6.45) is 3.10. The molecule has 2 heterocycles. The van der Waals surface area contributed by atoms with E-state index >= 15 is 0 Å². The van der Waals surface area contributed by atoms with Crippen molar-refractivity contribution in [3.63, 3.8) is 0 Å². The van der Waals surface area contributed by atoms with Gasteiger partial charge in [0.1, 0.15) is 5.60 Å². The molecule has 0 saturated heterocycles. The molecule has 2 heteroatoms. The summed E-state index contributed by atoms with van der Waals surface area (Å²) < 4.78 is 6.01. The van der Waals surface area contributed by atoms with E-state index in [2.05, 4.69) is 44.0 Å². The van der Waals surface area contributed by atoms with Gasteiger partial charge < -0.3 is 9.72 Å². The normalized spacial score (nSPS) is 23.3. The Kier molecular flexibility index (Phi) is 2.70. The van der Waals surface area contributed by atoms with Crippen LogP contribution in [-0.2, 0) is 23.2 Å². The van der Waals surface area contributed by atoms with E-state index < -0.39 is 0 Å². The second-order valence-corrected chi connectivity index (χ2v) is 5.35. The monoisotopic (exact) mass is 243 g/mol. The molecule has 1 aliphatic heterocycles. The maximum Gasteiger partial charge on any atom is 0.105 e. The average Bonchev–Trinajstić information content (AvgIpc) is 2.79. The van der Waals surface area contributed by atoms with Crippen LogP contribution in [0.25, 0.3) is 10.9 Å². The van der Waals surface area contributed by atoms with Crippen molar-refractivity contribution < 1.29 is 4.74 Å². The Morgan fingerprint density at radius 3 is 2.89 bits per heavy atom. The first kappa shape index (κ1) is 11.8. The molecule has 0 fully saturated rings. The summed E-state index contributed by atoms with van der Waals surface area (Å²) in [6, 6.07) is 6.63. The maximum absolute atomic E-state index is 6.01. The van der Waals surface area contributed by atoms with Gasteiger partial charge in [0.2, 0.25) is 0 Å². The highest BCUT2D eigenvalue weighted by molar-refractivity contribution is 5.88. The molecule has 1 atom stereocenters. The molecule has 1 unspecified atom stereocenters. The van der Waals surface area contributed by atoms with Crippen LogP contribution in [0, 0.1) is 0 Å². The van der Waals surface area contributed by atoms with E-state index in [1.54, 1.807) is 0 Å². The Labute approximate surface area is 108 Å². The van der Waals surface area contributed by atoms with Crippen molar-refractivity contribution in [2.75, 3.05) is 6.61 Å². The molecule has 0 aliphatic carbocycles. The largest absolute Gasteiger partial charge is 0.369 e. The zero-order valence-corrected chi connectivity index (χ0v) is 11.5. The van der Waals surface area contributed by atoms with Gasteiger partial charge in [0.15, 0.2) is 0 Å². The summed E-state index contributed by atoms with van der Waals surface area (Å²) in [5.41, 5.74) is 5.34. The smallest absolute Gasteiger partial charge is 0.105 e. The van der Waals surface area contributed by atoms with Crippen molar-refractivity contribution in [2.24, 2.45) is 0 Å². The van der Waals surface area contributed by atoms with Gasteiger partial charge in [-0.25, -0.2) is 0 Å². The SMILES string of the molecule is CCc1cccc2c3c([nH]c12)C(C)(CC)OCC3. The van der Waals surface area contributed by atoms with Crippen LogP contribution in [0.3, 0.4) is 0 Å². The van der Waals surface area contributed by atoms with Gasteiger partial charge in [-0.15, -0.1) is 0 Å². The van der Waals surface area contributed by atoms with Crippen LogP contribution >= 0.6 is 0 Å². The molecule has 2 aromatic rings. The average molecular weight is 243 g/mol. The number of hydrogen-bond acceptors (Lipinski definition) is 1. The van der Waals surface area contributed by atoms with Crippen LogP contribution < -0.4 is 0 Å². The number of fused-ring (bicyclic) bond motifs is 3. The fourth-order valence-corrected chi connectivity index (χ4v) is 3.07. The lowest BCUT2D eigenvalue weighted by atomic mass is 9.91. The zero-order chi connectivity index (χ0) is 12.8. The Balaban J connectivity index is 2.30. The van der Waals surface area contributed by atoms with Crippen LogP contribution in [0.15, 0.2) is 18.2 Å². The third-order valence-corrected chi connectivity index (χ3v) is 4.38. The molecule has 18 heavy (non-hydrogen) atoms. The van der Waals surface area contributed by atoms with Crippen LogP contribution in [0.2, 0.25) is 0 Å². The quantitative estimate of drug-likeness (QED) is 0.849. The second kappa shape index (κ2) is 4.13. The van der Waals surface area contributed by atoms with E-state index in [0.29, 0.717) is 0 Å². The highest BCUT2D eigenvalue weighted by Gasteiger charge is 2.34. The number of benzene rings is 1. The number of para-hydroxylation sites is 1. The minimum Gasteiger partial charge on any atom is -0.369 e. The Hall–Kier alpha value is -1.28. The van der Waals surface area contributed by atoms with E-state index in [-0.39, 0.29) is 5.60 Å². The van der Waals surface area contributed by atoms with E-state index in [0.717, 1.165) is 25.9 Å². The molecule has 1 aromatic carbocycles. The lowest BCUT2D eigenvalue weighted by Crippen LogP contribution is -2.31. The number of H-pyrrole nitrogens is 1. The number of ether oxygens (including phenoxy) is 1. The Morgan fingerprint density at radius 1 is 1.33 bits per heavy atom. The Bertz CT molecular complexity index is 584. The first-order chi connectivity index (χ1) is 8.69. The van der Waals surface area contributed by atoms with Gasteiger partial charge in [-0.3, -0.25) is 0 Å². The molecule has 96 valence electrons.